The van der Waals surface area contributed by atoms with Crippen LogP contribution in [0.3, 0.4) is 0 Å². The molecular weight excluding hydrogens is 629 g/mol. The van der Waals surface area contributed by atoms with Crippen LogP contribution in [0, 0.1) is 0 Å². The average molecular weight is 663 g/mol. The van der Waals surface area contributed by atoms with Crippen molar-refractivity contribution in [1.29, 1.82) is 0 Å². The summed E-state index contributed by atoms with van der Waals surface area (Å²) in [5.74, 6) is 0. The van der Waals surface area contributed by atoms with Crippen LogP contribution in [0.1, 0.15) is 0 Å². The molecule has 1 heterocycles. The van der Waals surface area contributed by atoms with Gasteiger partial charge in [0.15, 0.2) is 0 Å². The van der Waals surface area contributed by atoms with Crippen LogP contribution < -0.4 is 9.80 Å². The smallest absolute Gasteiger partial charge is 0.0547 e. The number of hydrogen-bond acceptors (Lipinski definition) is 2. The standard InChI is InChI=1S/C50H34N2/c1-3-12-35(13-4-1)37-24-27-41(28-25-37)51(44-20-9-19-40(34-44)36-14-5-2-6-15-36)42-29-31-43(32-30-42)52-47-23-11-18-39-17-10-22-46(49(39)47)50-45-21-8-7-16-38(45)26-33-48(50)52/h1-34H. The number of nitrogens with zero attached hydrogens (tertiary/aromatic N) is 2. The molecule has 0 fully saturated rings. The minimum absolute atomic E-state index is 1.09. The predicted octanol–water partition coefficient (Wildman–Crippen LogP) is 14.2. The van der Waals surface area contributed by atoms with Gasteiger partial charge >= 0.3 is 0 Å². The Hall–Kier alpha value is -6.90. The fourth-order valence-electron chi connectivity index (χ4n) is 7.94. The summed E-state index contributed by atoms with van der Waals surface area (Å²) in [5.41, 5.74) is 14.2. The highest BCUT2D eigenvalue weighted by Gasteiger charge is 2.27. The molecule has 0 saturated heterocycles. The minimum atomic E-state index is 1.09. The van der Waals surface area contributed by atoms with E-state index in [1.165, 1.54) is 66.3 Å². The van der Waals surface area contributed by atoms with Crippen LogP contribution in [0.25, 0.3) is 54.9 Å². The van der Waals surface area contributed by atoms with Crippen molar-refractivity contribution < 1.29 is 0 Å². The van der Waals surface area contributed by atoms with Gasteiger partial charge in [-0.15, -0.1) is 0 Å². The number of anilines is 6. The Balaban J connectivity index is 1.11. The molecule has 52 heavy (non-hydrogen) atoms. The van der Waals surface area contributed by atoms with Crippen LogP contribution >= 0.6 is 0 Å². The molecule has 0 unspecified atom stereocenters. The number of hydrogen-bond donors (Lipinski definition) is 0. The molecule has 244 valence electrons. The first-order chi connectivity index (χ1) is 25.8. The molecule has 0 spiro atoms. The van der Waals surface area contributed by atoms with Crippen molar-refractivity contribution >= 4 is 55.7 Å². The molecule has 0 radical (unpaired) electrons. The van der Waals surface area contributed by atoms with E-state index in [9.17, 15) is 0 Å². The van der Waals surface area contributed by atoms with E-state index >= 15 is 0 Å². The zero-order valence-corrected chi connectivity index (χ0v) is 28.5. The fraction of sp³-hybridized carbons (Fsp3) is 0. The average Bonchev–Trinajstić information content (AvgIpc) is 3.22. The first-order valence-corrected chi connectivity index (χ1v) is 17.9. The molecule has 10 rings (SSSR count). The topological polar surface area (TPSA) is 6.48 Å². The molecule has 0 atom stereocenters. The zero-order chi connectivity index (χ0) is 34.4. The molecule has 2 heteroatoms. The van der Waals surface area contributed by atoms with Crippen LogP contribution in [0.4, 0.5) is 34.1 Å². The van der Waals surface area contributed by atoms with Gasteiger partial charge in [-0.2, -0.15) is 0 Å². The van der Waals surface area contributed by atoms with Crippen LogP contribution in [0.2, 0.25) is 0 Å². The van der Waals surface area contributed by atoms with E-state index in [1.807, 2.05) is 0 Å². The molecule has 9 aromatic carbocycles. The summed E-state index contributed by atoms with van der Waals surface area (Å²) in [6, 6.07) is 74.6. The SMILES string of the molecule is c1ccc(-c2ccc(N(c3ccc(N4c5ccc6ccccc6c5-c5cccc6cccc4c56)cc3)c3cccc(-c4ccccc4)c3)cc2)cc1. The van der Waals surface area contributed by atoms with Gasteiger partial charge in [0, 0.05) is 33.7 Å². The Morgan fingerprint density at radius 3 is 1.67 bits per heavy atom. The summed E-state index contributed by atoms with van der Waals surface area (Å²) in [7, 11) is 0. The summed E-state index contributed by atoms with van der Waals surface area (Å²) >= 11 is 0. The van der Waals surface area contributed by atoms with Gasteiger partial charge in [-0.3, -0.25) is 0 Å². The number of rotatable bonds is 6. The highest BCUT2D eigenvalue weighted by Crippen LogP contribution is 2.53. The molecule has 2 nitrogen and oxygen atoms in total. The monoisotopic (exact) mass is 662 g/mol. The maximum atomic E-state index is 2.44. The maximum Gasteiger partial charge on any atom is 0.0547 e. The van der Waals surface area contributed by atoms with Crippen LogP contribution in [0.15, 0.2) is 206 Å². The molecular formula is C50H34N2. The Kier molecular flexibility index (Phi) is 7.18. The zero-order valence-electron chi connectivity index (χ0n) is 28.5. The Morgan fingerprint density at radius 2 is 0.923 bits per heavy atom. The van der Waals surface area contributed by atoms with E-state index in [2.05, 4.69) is 216 Å². The Morgan fingerprint density at radius 1 is 0.346 bits per heavy atom. The summed E-state index contributed by atoms with van der Waals surface area (Å²) < 4.78 is 0. The Bertz CT molecular complexity index is 2710. The number of benzene rings is 9. The molecule has 1 aliphatic rings. The molecule has 0 aromatic heterocycles. The highest BCUT2D eigenvalue weighted by atomic mass is 15.2. The van der Waals surface area contributed by atoms with Crippen LogP contribution in [0.5, 0.6) is 0 Å². The molecule has 0 aliphatic carbocycles. The first kappa shape index (κ1) is 30.0. The summed E-state index contributed by atoms with van der Waals surface area (Å²) in [4.78, 5) is 4.80. The third-order valence-corrected chi connectivity index (χ3v) is 10.4. The van der Waals surface area contributed by atoms with Gasteiger partial charge in [-0.25, -0.2) is 0 Å². The van der Waals surface area contributed by atoms with Crippen LogP contribution in [-0.4, -0.2) is 0 Å². The second-order valence-corrected chi connectivity index (χ2v) is 13.4. The van der Waals surface area contributed by atoms with E-state index in [1.54, 1.807) is 0 Å². The predicted molar refractivity (Wildman–Crippen MR) is 221 cm³/mol. The minimum Gasteiger partial charge on any atom is -0.310 e. The normalized spacial score (nSPS) is 11.8. The summed E-state index contributed by atoms with van der Waals surface area (Å²) in [5, 5.41) is 5.06. The molecule has 1 aliphatic heterocycles. The van der Waals surface area contributed by atoms with Crippen molar-refractivity contribution in [2.45, 2.75) is 0 Å². The van der Waals surface area contributed by atoms with E-state index in [0.29, 0.717) is 0 Å². The third-order valence-electron chi connectivity index (χ3n) is 10.4. The second-order valence-electron chi connectivity index (χ2n) is 13.4. The second kappa shape index (κ2) is 12.5. The molecule has 0 saturated carbocycles. The highest BCUT2D eigenvalue weighted by molar-refractivity contribution is 6.19. The third kappa shape index (κ3) is 5.04. The van der Waals surface area contributed by atoms with Crippen molar-refractivity contribution in [1.82, 2.24) is 0 Å². The molecule has 0 N–H and O–H groups in total. The van der Waals surface area contributed by atoms with Gasteiger partial charge in [0.25, 0.3) is 0 Å². The largest absolute Gasteiger partial charge is 0.310 e. The lowest BCUT2D eigenvalue weighted by atomic mass is 9.87. The number of fused-ring (bicyclic) bond motifs is 4. The van der Waals surface area contributed by atoms with Gasteiger partial charge in [0.1, 0.15) is 0 Å². The van der Waals surface area contributed by atoms with E-state index in [4.69, 9.17) is 0 Å². The van der Waals surface area contributed by atoms with Crippen LogP contribution in [-0.2, 0) is 0 Å². The summed E-state index contributed by atoms with van der Waals surface area (Å²) in [6.45, 7) is 0. The van der Waals surface area contributed by atoms with Gasteiger partial charge in [-0.1, -0.05) is 146 Å². The van der Waals surface area contributed by atoms with Gasteiger partial charge in [0.05, 0.1) is 11.4 Å². The maximum absolute atomic E-state index is 2.44. The first-order valence-electron chi connectivity index (χ1n) is 17.9. The van der Waals surface area contributed by atoms with E-state index < -0.39 is 0 Å². The van der Waals surface area contributed by atoms with Crippen molar-refractivity contribution in [2.24, 2.45) is 0 Å². The van der Waals surface area contributed by atoms with Gasteiger partial charge in [0.2, 0.25) is 0 Å². The molecule has 0 bridgehead atoms. The fourth-order valence-corrected chi connectivity index (χ4v) is 7.94. The lowest BCUT2D eigenvalue weighted by molar-refractivity contribution is 1.26. The summed E-state index contributed by atoms with van der Waals surface area (Å²) in [6.07, 6.45) is 0. The quantitative estimate of drug-likeness (QED) is 0.175. The lowest BCUT2D eigenvalue weighted by Gasteiger charge is -2.34. The lowest BCUT2D eigenvalue weighted by Crippen LogP contribution is -2.15. The van der Waals surface area contributed by atoms with Crippen molar-refractivity contribution in [2.75, 3.05) is 9.80 Å². The van der Waals surface area contributed by atoms with Crippen molar-refractivity contribution in [3.63, 3.8) is 0 Å². The van der Waals surface area contributed by atoms with Gasteiger partial charge in [-0.05, 0) is 105 Å². The molecule has 9 aromatic rings. The van der Waals surface area contributed by atoms with Crippen molar-refractivity contribution in [3.8, 4) is 33.4 Å². The molecule has 0 amide bonds. The van der Waals surface area contributed by atoms with Gasteiger partial charge < -0.3 is 9.80 Å². The van der Waals surface area contributed by atoms with E-state index in [-0.39, 0.29) is 0 Å². The Labute approximate surface area is 304 Å². The van der Waals surface area contributed by atoms with E-state index in [0.717, 1.165) is 22.7 Å². The van der Waals surface area contributed by atoms with Crippen molar-refractivity contribution in [3.05, 3.63) is 206 Å².